The van der Waals surface area contributed by atoms with E-state index in [4.69, 9.17) is 5.73 Å². The van der Waals surface area contributed by atoms with E-state index in [1.807, 2.05) is 37.3 Å². The Balaban J connectivity index is 1.90. The lowest BCUT2D eigenvalue weighted by Crippen LogP contribution is -2.11. The van der Waals surface area contributed by atoms with Crippen molar-refractivity contribution in [2.45, 2.75) is 6.92 Å². The van der Waals surface area contributed by atoms with E-state index < -0.39 is 0 Å². The van der Waals surface area contributed by atoms with Crippen molar-refractivity contribution in [3.8, 4) is 0 Å². The molecule has 0 saturated carbocycles. The molecule has 4 N–H and O–H groups in total. The first-order valence-corrected chi connectivity index (χ1v) is 6.79. The van der Waals surface area contributed by atoms with Crippen LogP contribution in [0.25, 0.3) is 10.9 Å². The van der Waals surface area contributed by atoms with Gasteiger partial charge in [0.2, 0.25) is 5.95 Å². The van der Waals surface area contributed by atoms with Crippen LogP contribution >= 0.6 is 0 Å². The monoisotopic (exact) mass is 293 g/mol. The van der Waals surface area contributed by atoms with Crippen LogP contribution in [-0.4, -0.2) is 15.7 Å². The molecule has 3 aromatic rings. The molecule has 0 aliphatic carbocycles. The van der Waals surface area contributed by atoms with Crippen molar-refractivity contribution in [3.63, 3.8) is 0 Å². The summed E-state index contributed by atoms with van der Waals surface area (Å²) >= 11 is 0. The van der Waals surface area contributed by atoms with Gasteiger partial charge in [-0.1, -0.05) is 24.3 Å². The van der Waals surface area contributed by atoms with Gasteiger partial charge in [0.15, 0.2) is 0 Å². The number of H-pyrrole nitrogens is 1. The van der Waals surface area contributed by atoms with Crippen LogP contribution in [0.5, 0.6) is 0 Å². The number of nitrogen functional groups attached to an aromatic ring is 1. The summed E-state index contributed by atoms with van der Waals surface area (Å²) in [5, 5.41) is 4.78. The quantitative estimate of drug-likeness (QED) is 0.392. The Hall–Kier alpha value is -3.15. The van der Waals surface area contributed by atoms with Crippen molar-refractivity contribution in [2.75, 3.05) is 11.2 Å². The molecule has 6 nitrogen and oxygen atoms in total. The van der Waals surface area contributed by atoms with Crippen LogP contribution in [0.1, 0.15) is 12.5 Å². The summed E-state index contributed by atoms with van der Waals surface area (Å²) in [6.07, 6.45) is 0. The highest BCUT2D eigenvalue weighted by molar-refractivity contribution is 5.99. The molecule has 1 aromatic heterocycles. The minimum absolute atomic E-state index is 0.204. The Morgan fingerprint density at radius 1 is 1.23 bits per heavy atom. The lowest BCUT2D eigenvalue weighted by atomic mass is 10.1. The number of anilines is 2. The topological polar surface area (TPSA) is 96.2 Å². The van der Waals surface area contributed by atoms with Gasteiger partial charge < -0.3 is 5.73 Å². The highest BCUT2D eigenvalue weighted by Gasteiger charge is 2.03. The molecule has 0 bridgehead atoms. The summed E-state index contributed by atoms with van der Waals surface area (Å²) in [5.41, 5.74) is 11.2. The Morgan fingerprint density at radius 3 is 2.86 bits per heavy atom. The number of nitrogens with one attached hydrogen (secondary N) is 2. The molecule has 3 rings (SSSR count). The summed E-state index contributed by atoms with van der Waals surface area (Å²) in [5.74, 6) is 0.298. The van der Waals surface area contributed by atoms with Gasteiger partial charge >= 0.3 is 0 Å². The molecule has 0 aliphatic rings. The molecule has 110 valence electrons. The minimum Gasteiger partial charge on any atom is -0.399 e. The molecule has 0 unspecified atom stereocenters. The third-order valence-electron chi connectivity index (χ3n) is 3.25. The van der Waals surface area contributed by atoms with Crippen LogP contribution in [0.15, 0.2) is 58.4 Å². The minimum atomic E-state index is -0.204. The van der Waals surface area contributed by atoms with Crippen LogP contribution in [0, 0.1) is 0 Å². The molecule has 0 amide bonds. The maximum Gasteiger partial charge on any atom is 0.260 e. The zero-order chi connectivity index (χ0) is 15.5. The summed E-state index contributed by atoms with van der Waals surface area (Å²) < 4.78 is 0. The number of nitrogens with two attached hydrogens (primary N) is 1. The summed E-state index contributed by atoms with van der Waals surface area (Å²) in [7, 11) is 0. The molecule has 0 aliphatic heterocycles. The second-order valence-electron chi connectivity index (χ2n) is 4.87. The van der Waals surface area contributed by atoms with Gasteiger partial charge in [-0.3, -0.25) is 9.78 Å². The number of hydrogen-bond acceptors (Lipinski definition) is 5. The second-order valence-corrected chi connectivity index (χ2v) is 4.87. The third-order valence-corrected chi connectivity index (χ3v) is 3.25. The zero-order valence-electron chi connectivity index (χ0n) is 12.0. The molecular formula is C16H15N5O. The maximum atomic E-state index is 12.0. The molecule has 0 fully saturated rings. The van der Waals surface area contributed by atoms with Gasteiger partial charge in [-0.15, -0.1) is 0 Å². The lowest BCUT2D eigenvalue weighted by molar-refractivity contribution is 1.12. The SMILES string of the molecule is C/C(=N/Nc1nc2ccccc2c(=O)[nH]1)c1cccc(N)c1. The van der Waals surface area contributed by atoms with Gasteiger partial charge in [0.1, 0.15) is 0 Å². The van der Waals surface area contributed by atoms with Crippen molar-refractivity contribution in [2.24, 2.45) is 5.10 Å². The highest BCUT2D eigenvalue weighted by atomic mass is 16.1. The van der Waals surface area contributed by atoms with Crippen LogP contribution in [0.2, 0.25) is 0 Å². The lowest BCUT2D eigenvalue weighted by Gasteiger charge is -2.04. The third kappa shape index (κ3) is 2.80. The Kier molecular flexibility index (Phi) is 3.57. The van der Waals surface area contributed by atoms with Crippen molar-refractivity contribution < 1.29 is 0 Å². The number of aromatic nitrogens is 2. The van der Waals surface area contributed by atoms with Crippen molar-refractivity contribution in [1.82, 2.24) is 9.97 Å². The van der Waals surface area contributed by atoms with E-state index in [0.29, 0.717) is 22.5 Å². The van der Waals surface area contributed by atoms with E-state index in [-0.39, 0.29) is 5.56 Å². The van der Waals surface area contributed by atoms with Gasteiger partial charge in [-0.05, 0) is 36.8 Å². The summed E-state index contributed by atoms with van der Waals surface area (Å²) in [4.78, 5) is 18.9. The van der Waals surface area contributed by atoms with Crippen LogP contribution in [0.4, 0.5) is 11.6 Å². The van der Waals surface area contributed by atoms with Crippen LogP contribution < -0.4 is 16.7 Å². The normalized spacial score (nSPS) is 11.6. The van der Waals surface area contributed by atoms with Crippen LogP contribution in [-0.2, 0) is 0 Å². The number of hydrazone groups is 1. The fourth-order valence-electron chi connectivity index (χ4n) is 2.10. The Labute approximate surface area is 126 Å². The largest absolute Gasteiger partial charge is 0.399 e. The first-order valence-electron chi connectivity index (χ1n) is 6.79. The molecule has 22 heavy (non-hydrogen) atoms. The second kappa shape index (κ2) is 5.69. The number of rotatable bonds is 3. The van der Waals surface area contributed by atoms with E-state index in [1.165, 1.54) is 0 Å². The smallest absolute Gasteiger partial charge is 0.260 e. The number of para-hydroxylation sites is 1. The molecule has 1 heterocycles. The fourth-order valence-corrected chi connectivity index (χ4v) is 2.10. The summed E-state index contributed by atoms with van der Waals surface area (Å²) in [6, 6.07) is 14.6. The molecule has 0 atom stereocenters. The number of aromatic amines is 1. The average molecular weight is 293 g/mol. The summed E-state index contributed by atoms with van der Waals surface area (Å²) in [6.45, 7) is 1.85. The van der Waals surface area contributed by atoms with E-state index in [1.54, 1.807) is 18.2 Å². The molecule has 0 spiro atoms. The predicted molar refractivity (Wildman–Crippen MR) is 89.1 cm³/mol. The van der Waals surface area contributed by atoms with Gasteiger partial charge in [-0.25, -0.2) is 10.4 Å². The van der Waals surface area contributed by atoms with Crippen molar-refractivity contribution >= 4 is 28.3 Å². The number of hydrogen-bond donors (Lipinski definition) is 3. The van der Waals surface area contributed by atoms with E-state index in [0.717, 1.165) is 11.3 Å². The van der Waals surface area contributed by atoms with Crippen molar-refractivity contribution in [1.29, 1.82) is 0 Å². The number of fused-ring (bicyclic) bond motifs is 1. The van der Waals surface area contributed by atoms with Crippen molar-refractivity contribution in [3.05, 3.63) is 64.4 Å². The van der Waals surface area contributed by atoms with E-state index >= 15 is 0 Å². The van der Waals surface area contributed by atoms with E-state index in [9.17, 15) is 4.79 Å². The highest BCUT2D eigenvalue weighted by Crippen LogP contribution is 2.10. The standard InChI is InChI=1S/C16H15N5O/c1-10(11-5-4-6-12(17)9-11)20-21-16-18-14-8-3-2-7-13(14)15(22)19-16/h2-9H,17H2,1H3,(H2,18,19,21,22)/b20-10-. The predicted octanol–water partition coefficient (Wildman–Crippen LogP) is 2.34. The Bertz CT molecular complexity index is 914. The van der Waals surface area contributed by atoms with Gasteiger partial charge in [0.05, 0.1) is 16.6 Å². The zero-order valence-corrected chi connectivity index (χ0v) is 12.0. The number of benzene rings is 2. The van der Waals surface area contributed by atoms with Gasteiger partial charge in [-0.2, -0.15) is 5.10 Å². The molecule has 0 saturated heterocycles. The van der Waals surface area contributed by atoms with Gasteiger partial charge in [0.25, 0.3) is 5.56 Å². The molecule has 6 heteroatoms. The van der Waals surface area contributed by atoms with E-state index in [2.05, 4.69) is 20.5 Å². The average Bonchev–Trinajstić information content (AvgIpc) is 2.53. The first kappa shape index (κ1) is 13.8. The molecule has 0 radical (unpaired) electrons. The molecule has 2 aromatic carbocycles. The number of nitrogens with zero attached hydrogens (tertiary/aromatic N) is 2. The van der Waals surface area contributed by atoms with Gasteiger partial charge in [0, 0.05) is 5.69 Å². The Morgan fingerprint density at radius 2 is 2.05 bits per heavy atom. The van der Waals surface area contributed by atoms with Crippen LogP contribution in [0.3, 0.4) is 0 Å². The molecular weight excluding hydrogens is 278 g/mol. The fraction of sp³-hybridized carbons (Fsp3) is 0.0625. The first-order chi connectivity index (χ1) is 10.6. The maximum absolute atomic E-state index is 12.0.